The Morgan fingerprint density at radius 3 is 2.88 bits per heavy atom. The van der Waals surface area contributed by atoms with Crippen molar-refractivity contribution < 1.29 is 0 Å². The molecule has 0 fully saturated rings. The van der Waals surface area contributed by atoms with Crippen LogP contribution in [0, 0.1) is 5.92 Å². The van der Waals surface area contributed by atoms with Crippen LogP contribution in [0.5, 0.6) is 0 Å². The molecular weight excluding hydrogens is 204 g/mol. The van der Waals surface area contributed by atoms with Crippen molar-refractivity contribution in [2.45, 2.75) is 26.3 Å². The van der Waals surface area contributed by atoms with E-state index in [1.807, 2.05) is 13.2 Å². The number of aromatic nitrogens is 5. The van der Waals surface area contributed by atoms with E-state index in [9.17, 15) is 0 Å². The maximum atomic E-state index is 4.14. The fraction of sp³-hybridized carbons (Fsp3) is 0.600. The number of hydrogen-bond donors (Lipinski definition) is 1. The third-order valence-corrected chi connectivity index (χ3v) is 2.78. The molecule has 2 aromatic rings. The zero-order valence-electron chi connectivity index (χ0n) is 9.75. The molecule has 0 aliphatic heterocycles. The van der Waals surface area contributed by atoms with Gasteiger partial charge in [0.15, 0.2) is 5.65 Å². The van der Waals surface area contributed by atoms with E-state index < -0.39 is 0 Å². The van der Waals surface area contributed by atoms with Crippen molar-refractivity contribution in [3.05, 3.63) is 18.1 Å². The van der Waals surface area contributed by atoms with Gasteiger partial charge < -0.3 is 5.32 Å². The first kappa shape index (κ1) is 10.9. The molecule has 0 saturated heterocycles. The summed E-state index contributed by atoms with van der Waals surface area (Å²) in [5.41, 5.74) is 1.71. The fourth-order valence-electron chi connectivity index (χ4n) is 1.76. The molecule has 0 aromatic carbocycles. The summed E-state index contributed by atoms with van der Waals surface area (Å²) in [4.78, 5) is 4.14. The summed E-state index contributed by atoms with van der Waals surface area (Å²) in [6.07, 6.45) is 4.34. The van der Waals surface area contributed by atoms with Crippen molar-refractivity contribution in [3.63, 3.8) is 0 Å². The molecule has 0 saturated carbocycles. The average molecular weight is 220 g/mol. The molecule has 0 amide bonds. The monoisotopic (exact) mass is 220 g/mol. The number of fused-ring (bicyclic) bond motifs is 1. The highest BCUT2D eigenvalue weighted by molar-refractivity contribution is 5.32. The zero-order valence-corrected chi connectivity index (χ0v) is 9.75. The first-order valence-electron chi connectivity index (χ1n) is 5.40. The first-order chi connectivity index (χ1) is 7.72. The molecule has 16 heavy (non-hydrogen) atoms. The summed E-state index contributed by atoms with van der Waals surface area (Å²) < 4.78 is 1.74. The predicted molar refractivity (Wildman–Crippen MR) is 60.0 cm³/mol. The molecule has 2 rings (SSSR count). The van der Waals surface area contributed by atoms with Crippen LogP contribution in [0.2, 0.25) is 0 Å². The molecule has 0 bridgehead atoms. The Kier molecular flexibility index (Phi) is 3.09. The van der Waals surface area contributed by atoms with E-state index >= 15 is 0 Å². The molecule has 6 nitrogen and oxygen atoms in total. The molecule has 1 N–H and O–H groups in total. The maximum Gasteiger partial charge on any atom is 0.197 e. The molecule has 0 radical (unpaired) electrons. The van der Waals surface area contributed by atoms with Crippen LogP contribution in [0.25, 0.3) is 5.65 Å². The van der Waals surface area contributed by atoms with Gasteiger partial charge in [-0.2, -0.15) is 4.52 Å². The number of nitrogens with zero attached hydrogens (tertiary/aromatic N) is 5. The molecule has 0 aliphatic rings. The van der Waals surface area contributed by atoms with E-state index in [2.05, 4.69) is 39.7 Å². The van der Waals surface area contributed by atoms with Crippen molar-refractivity contribution in [1.82, 2.24) is 30.3 Å². The summed E-state index contributed by atoms with van der Waals surface area (Å²) in [6, 6.07) is 0.400. The second-order valence-corrected chi connectivity index (χ2v) is 4.19. The van der Waals surface area contributed by atoms with Crippen LogP contribution < -0.4 is 5.32 Å². The normalized spacial score (nSPS) is 13.5. The molecule has 2 heterocycles. The Morgan fingerprint density at radius 1 is 1.38 bits per heavy atom. The Hall–Kier alpha value is -1.56. The largest absolute Gasteiger partial charge is 0.316 e. The maximum absolute atomic E-state index is 4.14. The standard InChI is InChI=1S/C10H16N6/c1-7(2)9(11-3)4-8-5-12-6-10-13-14-15-16(8)10/h5-7,9,11H,4H2,1-3H3. The molecule has 1 atom stereocenters. The van der Waals surface area contributed by atoms with Crippen LogP contribution in [0.3, 0.4) is 0 Å². The lowest BCUT2D eigenvalue weighted by Crippen LogP contribution is -2.33. The molecule has 6 heteroatoms. The lowest BCUT2D eigenvalue weighted by atomic mass is 10.00. The lowest BCUT2D eigenvalue weighted by molar-refractivity contribution is 0.418. The van der Waals surface area contributed by atoms with Gasteiger partial charge in [-0.3, -0.25) is 4.98 Å². The van der Waals surface area contributed by atoms with E-state index in [4.69, 9.17) is 0 Å². The highest BCUT2D eigenvalue weighted by Gasteiger charge is 2.14. The second kappa shape index (κ2) is 4.52. The van der Waals surface area contributed by atoms with Crippen LogP contribution >= 0.6 is 0 Å². The van der Waals surface area contributed by atoms with Crippen LogP contribution in [0.1, 0.15) is 19.5 Å². The molecule has 1 unspecified atom stereocenters. The smallest absolute Gasteiger partial charge is 0.197 e. The minimum absolute atomic E-state index is 0.400. The van der Waals surface area contributed by atoms with Crippen molar-refractivity contribution in [2.24, 2.45) is 5.92 Å². The van der Waals surface area contributed by atoms with E-state index in [0.29, 0.717) is 17.6 Å². The van der Waals surface area contributed by atoms with Crippen LogP contribution in [-0.2, 0) is 6.42 Å². The van der Waals surface area contributed by atoms with Gasteiger partial charge in [0.2, 0.25) is 0 Å². The van der Waals surface area contributed by atoms with Crippen LogP contribution in [0.4, 0.5) is 0 Å². The number of tetrazole rings is 1. The molecule has 2 aromatic heterocycles. The quantitative estimate of drug-likeness (QED) is 0.803. The molecule has 86 valence electrons. The van der Waals surface area contributed by atoms with Gasteiger partial charge >= 0.3 is 0 Å². The van der Waals surface area contributed by atoms with Crippen molar-refractivity contribution in [1.29, 1.82) is 0 Å². The van der Waals surface area contributed by atoms with Gasteiger partial charge in [-0.1, -0.05) is 13.8 Å². The van der Waals surface area contributed by atoms with Gasteiger partial charge in [0.25, 0.3) is 0 Å². The van der Waals surface area contributed by atoms with E-state index in [1.165, 1.54) is 0 Å². The SMILES string of the molecule is CNC(Cc1cncc2nnnn12)C(C)C. The summed E-state index contributed by atoms with van der Waals surface area (Å²) in [5.74, 6) is 0.553. The van der Waals surface area contributed by atoms with E-state index in [-0.39, 0.29) is 0 Å². The van der Waals surface area contributed by atoms with Crippen LogP contribution in [0.15, 0.2) is 12.4 Å². The minimum Gasteiger partial charge on any atom is -0.316 e. The van der Waals surface area contributed by atoms with Gasteiger partial charge in [-0.15, -0.1) is 5.10 Å². The van der Waals surface area contributed by atoms with Crippen molar-refractivity contribution in [2.75, 3.05) is 7.05 Å². The van der Waals surface area contributed by atoms with Gasteiger partial charge in [0.05, 0.1) is 11.9 Å². The third-order valence-electron chi connectivity index (χ3n) is 2.78. The first-order valence-corrected chi connectivity index (χ1v) is 5.40. The van der Waals surface area contributed by atoms with Crippen molar-refractivity contribution in [3.8, 4) is 0 Å². The number of likely N-dealkylation sites (N-methyl/N-ethyl adjacent to an activating group) is 1. The Balaban J connectivity index is 2.29. The second-order valence-electron chi connectivity index (χ2n) is 4.19. The Bertz CT molecular complexity index is 463. The van der Waals surface area contributed by atoms with Gasteiger partial charge in [0, 0.05) is 18.7 Å². The summed E-state index contributed by atoms with van der Waals surface area (Å²) >= 11 is 0. The van der Waals surface area contributed by atoms with Gasteiger partial charge in [-0.25, -0.2) is 0 Å². The Labute approximate surface area is 94.1 Å². The number of nitrogens with one attached hydrogen (secondary N) is 1. The Morgan fingerprint density at radius 2 is 2.19 bits per heavy atom. The highest BCUT2D eigenvalue weighted by atomic mass is 15.5. The van der Waals surface area contributed by atoms with Gasteiger partial charge in [0.1, 0.15) is 0 Å². The fourth-order valence-corrected chi connectivity index (χ4v) is 1.76. The zero-order chi connectivity index (χ0) is 11.5. The molecule has 0 spiro atoms. The summed E-state index contributed by atoms with van der Waals surface area (Å²) in [6.45, 7) is 4.38. The van der Waals surface area contributed by atoms with E-state index in [0.717, 1.165) is 12.1 Å². The summed E-state index contributed by atoms with van der Waals surface area (Å²) in [5, 5.41) is 14.8. The highest BCUT2D eigenvalue weighted by Crippen LogP contribution is 2.09. The van der Waals surface area contributed by atoms with Crippen molar-refractivity contribution >= 4 is 5.65 Å². The number of hydrogen-bond acceptors (Lipinski definition) is 5. The minimum atomic E-state index is 0.400. The molecular formula is C10H16N6. The average Bonchev–Trinajstić information content (AvgIpc) is 2.73. The predicted octanol–water partition coefficient (Wildman–Crippen LogP) is 0.306. The molecule has 0 aliphatic carbocycles. The van der Waals surface area contributed by atoms with Gasteiger partial charge in [-0.05, 0) is 23.4 Å². The number of rotatable bonds is 4. The third kappa shape index (κ3) is 2.01. The topological polar surface area (TPSA) is 68.0 Å². The summed E-state index contributed by atoms with van der Waals surface area (Å²) in [7, 11) is 1.97. The van der Waals surface area contributed by atoms with E-state index in [1.54, 1.807) is 10.7 Å². The lowest BCUT2D eigenvalue weighted by Gasteiger charge is -2.19. The van der Waals surface area contributed by atoms with Crippen LogP contribution in [-0.4, -0.2) is 38.1 Å².